The molecule has 0 rings (SSSR count). The number of rotatable bonds is 6. The number of hydrogen-bond donors (Lipinski definition) is 0. The minimum absolute atomic E-state index is 0. The van der Waals surface area contributed by atoms with Crippen molar-refractivity contribution in [2.45, 2.75) is 12.8 Å². The molecule has 0 amide bonds. The van der Waals surface area contributed by atoms with E-state index in [4.69, 9.17) is 0 Å². The molecule has 0 unspecified atom stereocenters. The summed E-state index contributed by atoms with van der Waals surface area (Å²) in [5.41, 5.74) is 0. The van der Waals surface area contributed by atoms with Crippen molar-refractivity contribution in [3.05, 3.63) is 0 Å². The summed E-state index contributed by atoms with van der Waals surface area (Å²) >= 11 is 0. The van der Waals surface area contributed by atoms with E-state index < -0.39 is 11.9 Å². The number of aliphatic carboxylic acids is 2. The third-order valence-electron chi connectivity index (χ3n) is 0.901. The molecule has 0 spiro atoms. The number of carbonyl (C=O) groups excluding carboxylic acids is 2. The molecule has 0 saturated heterocycles. The van der Waals surface area contributed by atoms with Crippen LogP contribution in [0.25, 0.3) is 0 Å². The van der Waals surface area contributed by atoms with Gasteiger partial charge in [0.05, 0.1) is 13.2 Å². The predicted molar refractivity (Wildman–Crippen MR) is 30.1 cm³/mol. The average molecular weight is 206 g/mol. The number of carbonyl (C=O) groups is 2. The monoisotopic (exact) mass is 206 g/mol. The molecule has 0 N–H and O–H groups in total. The van der Waals surface area contributed by atoms with Gasteiger partial charge in [-0.05, 0) is 0 Å². The van der Waals surface area contributed by atoms with Gasteiger partial charge in [0.25, 0.3) is 0 Å². The van der Waals surface area contributed by atoms with E-state index in [-0.39, 0.29) is 85.2 Å². The Morgan fingerprint density at radius 2 is 1.23 bits per heavy atom. The molecule has 0 aromatic heterocycles. The molecular formula is C6H8Na2O5. The number of carboxylic acid groups (broad SMARTS) is 2. The number of ether oxygens (including phenoxy) is 1. The number of hydrogen-bond acceptors (Lipinski definition) is 5. The summed E-state index contributed by atoms with van der Waals surface area (Å²) in [6, 6.07) is 0. The first kappa shape index (κ1) is 19.5. The topological polar surface area (TPSA) is 89.5 Å². The largest absolute Gasteiger partial charge is 1.00 e. The van der Waals surface area contributed by atoms with Crippen LogP contribution in [0.15, 0.2) is 0 Å². The van der Waals surface area contributed by atoms with Crippen LogP contribution in [0.2, 0.25) is 0 Å². The Morgan fingerprint density at radius 1 is 0.923 bits per heavy atom. The summed E-state index contributed by atoms with van der Waals surface area (Å²) in [6.45, 7) is -0.0365. The minimum Gasteiger partial charge on any atom is -0.550 e. The van der Waals surface area contributed by atoms with Crippen molar-refractivity contribution in [1.29, 1.82) is 0 Å². The molecular weight excluding hydrogens is 198 g/mol. The van der Waals surface area contributed by atoms with Gasteiger partial charge in [0, 0.05) is 24.8 Å². The van der Waals surface area contributed by atoms with Crippen molar-refractivity contribution < 1.29 is 83.7 Å². The summed E-state index contributed by atoms with van der Waals surface area (Å²) in [7, 11) is 0. The third kappa shape index (κ3) is 19.3. The van der Waals surface area contributed by atoms with E-state index in [2.05, 4.69) is 4.74 Å². The standard InChI is InChI=1S/C6H10O5.2Na/c7-5(8)1-3-11-4-2-6(9)10;;/h1-4H2,(H,7,8)(H,9,10);;/q;2*+1/p-2. The van der Waals surface area contributed by atoms with Gasteiger partial charge in [0.1, 0.15) is 0 Å². The van der Waals surface area contributed by atoms with Crippen LogP contribution in [-0.4, -0.2) is 25.2 Å². The van der Waals surface area contributed by atoms with E-state index in [9.17, 15) is 19.8 Å². The molecule has 0 fully saturated rings. The van der Waals surface area contributed by atoms with Crippen LogP contribution in [0.5, 0.6) is 0 Å². The summed E-state index contributed by atoms with van der Waals surface area (Å²) in [5, 5.41) is 19.6. The molecule has 64 valence electrons. The second-order valence-corrected chi connectivity index (χ2v) is 1.86. The fourth-order valence-corrected chi connectivity index (χ4v) is 0.413. The van der Waals surface area contributed by atoms with Crippen LogP contribution < -0.4 is 69.3 Å². The van der Waals surface area contributed by atoms with Crippen LogP contribution in [0.1, 0.15) is 12.8 Å². The van der Waals surface area contributed by atoms with E-state index in [1.54, 1.807) is 0 Å². The Bertz CT molecular complexity index is 134. The summed E-state index contributed by atoms with van der Waals surface area (Å²) in [6.07, 6.45) is -0.430. The molecule has 0 aliphatic rings. The molecule has 0 aromatic carbocycles. The maximum absolute atomic E-state index is 9.78. The SMILES string of the molecule is O=C([O-])CCOCCC(=O)[O-].[Na+].[Na+]. The number of carboxylic acids is 2. The van der Waals surface area contributed by atoms with Crippen molar-refractivity contribution in [2.24, 2.45) is 0 Å². The molecule has 0 heterocycles. The van der Waals surface area contributed by atoms with Gasteiger partial charge in [0.15, 0.2) is 0 Å². The van der Waals surface area contributed by atoms with Gasteiger partial charge in [-0.3, -0.25) is 0 Å². The van der Waals surface area contributed by atoms with Crippen molar-refractivity contribution in [2.75, 3.05) is 13.2 Å². The van der Waals surface area contributed by atoms with Crippen molar-refractivity contribution in [3.8, 4) is 0 Å². The molecule has 5 nitrogen and oxygen atoms in total. The van der Waals surface area contributed by atoms with Gasteiger partial charge in [0.2, 0.25) is 0 Å². The van der Waals surface area contributed by atoms with Crippen molar-refractivity contribution in [3.63, 3.8) is 0 Å². The normalized spacial score (nSPS) is 8.00. The zero-order valence-electron chi connectivity index (χ0n) is 7.87. The molecule has 0 saturated carbocycles. The van der Waals surface area contributed by atoms with Crippen molar-refractivity contribution >= 4 is 11.9 Å². The van der Waals surface area contributed by atoms with Gasteiger partial charge in [-0.1, -0.05) is 0 Å². The van der Waals surface area contributed by atoms with Crippen LogP contribution in [-0.2, 0) is 14.3 Å². The van der Waals surface area contributed by atoms with Crippen molar-refractivity contribution in [1.82, 2.24) is 0 Å². The molecule has 0 aliphatic heterocycles. The van der Waals surface area contributed by atoms with Gasteiger partial charge >= 0.3 is 59.1 Å². The van der Waals surface area contributed by atoms with E-state index >= 15 is 0 Å². The van der Waals surface area contributed by atoms with Gasteiger partial charge in [-0.2, -0.15) is 0 Å². The van der Waals surface area contributed by atoms with E-state index in [0.717, 1.165) is 0 Å². The van der Waals surface area contributed by atoms with Gasteiger partial charge in [-0.25, -0.2) is 0 Å². The van der Waals surface area contributed by atoms with Gasteiger partial charge in [-0.15, -0.1) is 0 Å². The second-order valence-electron chi connectivity index (χ2n) is 1.86. The zero-order chi connectivity index (χ0) is 8.69. The molecule has 0 bridgehead atoms. The Kier molecular flexibility index (Phi) is 19.3. The summed E-state index contributed by atoms with van der Waals surface area (Å²) in [5.74, 6) is -2.42. The smallest absolute Gasteiger partial charge is 0.550 e. The first-order valence-corrected chi connectivity index (χ1v) is 3.10. The second kappa shape index (κ2) is 12.9. The molecule has 0 radical (unpaired) electrons. The average Bonchev–Trinajstić information content (AvgIpc) is 1.85. The van der Waals surface area contributed by atoms with Gasteiger partial charge < -0.3 is 24.5 Å². The van der Waals surface area contributed by atoms with Crippen LogP contribution in [0.4, 0.5) is 0 Å². The first-order chi connectivity index (χ1) is 5.13. The minimum atomic E-state index is -1.21. The molecule has 7 heteroatoms. The zero-order valence-corrected chi connectivity index (χ0v) is 11.9. The Labute approximate surface area is 120 Å². The maximum atomic E-state index is 9.78. The quantitative estimate of drug-likeness (QED) is 0.318. The Hall–Kier alpha value is 0.900. The molecule has 13 heavy (non-hydrogen) atoms. The molecule has 0 atom stereocenters. The summed E-state index contributed by atoms with van der Waals surface area (Å²) < 4.78 is 4.61. The fourth-order valence-electron chi connectivity index (χ4n) is 0.413. The predicted octanol–water partition coefficient (Wildman–Crippen LogP) is -8.71. The Morgan fingerprint density at radius 3 is 1.46 bits per heavy atom. The Balaban J connectivity index is -0.000000500. The maximum Gasteiger partial charge on any atom is 1.00 e. The van der Waals surface area contributed by atoms with E-state index in [1.165, 1.54) is 0 Å². The summed E-state index contributed by atoms with van der Waals surface area (Å²) in [4.78, 5) is 19.6. The third-order valence-corrected chi connectivity index (χ3v) is 0.901. The van der Waals surface area contributed by atoms with Crippen LogP contribution in [0.3, 0.4) is 0 Å². The van der Waals surface area contributed by atoms with Crippen LogP contribution >= 0.6 is 0 Å². The van der Waals surface area contributed by atoms with Crippen LogP contribution in [0, 0.1) is 0 Å². The fraction of sp³-hybridized carbons (Fsp3) is 0.667. The first-order valence-electron chi connectivity index (χ1n) is 3.10. The van der Waals surface area contributed by atoms with E-state index in [0.29, 0.717) is 0 Å². The molecule has 0 aromatic rings. The van der Waals surface area contributed by atoms with E-state index in [1.807, 2.05) is 0 Å². The molecule has 0 aliphatic carbocycles.